The topological polar surface area (TPSA) is 21.3 Å². The van der Waals surface area contributed by atoms with Crippen LogP contribution in [0, 0.1) is 11.8 Å². The normalized spacial score (nSPS) is 16.5. The molecule has 0 unspecified atom stereocenters. The zero-order valence-electron chi connectivity index (χ0n) is 14.7. The van der Waals surface area contributed by atoms with Crippen molar-refractivity contribution in [3.05, 3.63) is 65.7 Å². The van der Waals surface area contributed by atoms with E-state index >= 15 is 0 Å². The number of para-hydroxylation sites is 1. The number of rotatable bonds is 5. The molecule has 0 bridgehead atoms. The number of hydrogen-bond acceptors (Lipinski definition) is 2. The Balaban J connectivity index is 1.51. The van der Waals surface area contributed by atoms with Crippen molar-refractivity contribution in [3.63, 3.8) is 0 Å². The van der Waals surface area contributed by atoms with E-state index in [4.69, 9.17) is 4.74 Å². The highest BCUT2D eigenvalue weighted by molar-refractivity contribution is 5.46. The molecule has 0 amide bonds. The Morgan fingerprint density at radius 1 is 1.00 bits per heavy atom. The maximum Gasteiger partial charge on any atom is 0.248 e. The van der Waals surface area contributed by atoms with Gasteiger partial charge in [0.1, 0.15) is 12.4 Å². The third-order valence-electron chi connectivity index (χ3n) is 4.54. The first-order chi connectivity index (χ1) is 12.6. The number of alkyl halides is 2. The van der Waals surface area contributed by atoms with Gasteiger partial charge in [-0.15, -0.1) is 0 Å². The Morgan fingerprint density at radius 2 is 1.69 bits per heavy atom. The minimum Gasteiger partial charge on any atom is -0.488 e. The summed E-state index contributed by atoms with van der Waals surface area (Å²) in [4.78, 5) is 0. The summed E-state index contributed by atoms with van der Waals surface area (Å²) >= 11 is 0. The highest BCUT2D eigenvalue weighted by atomic mass is 19.3. The van der Waals surface area contributed by atoms with Crippen LogP contribution in [0.4, 0.5) is 8.78 Å². The number of hydrogen-bond donors (Lipinski definition) is 1. The molecule has 1 saturated carbocycles. The molecule has 2 aromatic rings. The lowest BCUT2D eigenvalue weighted by atomic mass is 9.92. The van der Waals surface area contributed by atoms with Crippen LogP contribution in [-0.2, 0) is 6.61 Å². The van der Waals surface area contributed by atoms with Crippen LogP contribution in [0.25, 0.3) is 0 Å². The lowest BCUT2D eigenvalue weighted by Crippen LogP contribution is -2.37. The molecule has 0 aliphatic heterocycles. The van der Waals surface area contributed by atoms with E-state index in [0.717, 1.165) is 16.9 Å². The van der Waals surface area contributed by atoms with Crippen molar-refractivity contribution >= 4 is 0 Å². The van der Waals surface area contributed by atoms with Crippen molar-refractivity contribution < 1.29 is 13.5 Å². The molecule has 0 atom stereocenters. The van der Waals surface area contributed by atoms with E-state index in [2.05, 4.69) is 17.2 Å². The van der Waals surface area contributed by atoms with Crippen molar-refractivity contribution in [1.82, 2.24) is 5.32 Å². The quantitative estimate of drug-likeness (QED) is 0.779. The predicted octanol–water partition coefficient (Wildman–Crippen LogP) is 4.78. The molecule has 0 aromatic heterocycles. The third kappa shape index (κ3) is 5.57. The van der Waals surface area contributed by atoms with Gasteiger partial charge in [-0.25, -0.2) is 8.78 Å². The zero-order valence-corrected chi connectivity index (χ0v) is 14.7. The smallest absolute Gasteiger partial charge is 0.248 e. The number of nitrogens with one attached hydrogen (secondary N) is 1. The van der Waals surface area contributed by atoms with Crippen LogP contribution in [0.3, 0.4) is 0 Å². The van der Waals surface area contributed by atoms with Gasteiger partial charge in [-0.1, -0.05) is 54.3 Å². The highest BCUT2D eigenvalue weighted by Crippen LogP contribution is 2.32. The van der Waals surface area contributed by atoms with Gasteiger partial charge >= 0.3 is 0 Å². The molecule has 2 nitrogen and oxygen atoms in total. The van der Waals surface area contributed by atoms with Gasteiger partial charge in [-0.2, -0.15) is 0 Å². The van der Waals surface area contributed by atoms with Crippen LogP contribution in [0.2, 0.25) is 0 Å². The molecule has 3 rings (SSSR count). The second-order valence-corrected chi connectivity index (χ2v) is 6.58. The number of ether oxygens (including phenoxy) is 1. The highest BCUT2D eigenvalue weighted by Gasteiger charge is 2.34. The maximum atomic E-state index is 13.2. The summed E-state index contributed by atoms with van der Waals surface area (Å²) in [6.07, 6.45) is 0.944. The van der Waals surface area contributed by atoms with Gasteiger partial charge < -0.3 is 10.1 Å². The van der Waals surface area contributed by atoms with Crippen LogP contribution in [0.15, 0.2) is 54.6 Å². The molecule has 1 aliphatic carbocycles. The number of benzene rings is 2. The summed E-state index contributed by atoms with van der Waals surface area (Å²) in [5.74, 6) is 4.46. The van der Waals surface area contributed by atoms with E-state index in [0.29, 0.717) is 26.0 Å². The van der Waals surface area contributed by atoms with E-state index in [9.17, 15) is 8.78 Å². The fourth-order valence-electron chi connectivity index (χ4n) is 3.01. The molecule has 1 aliphatic rings. The summed E-state index contributed by atoms with van der Waals surface area (Å²) in [5, 5.41) is 3.26. The fraction of sp³-hybridized carbons (Fsp3) is 0.364. The van der Waals surface area contributed by atoms with Gasteiger partial charge in [0.15, 0.2) is 0 Å². The molecule has 136 valence electrons. The Morgan fingerprint density at radius 3 is 2.46 bits per heavy atom. The third-order valence-corrected chi connectivity index (χ3v) is 4.54. The van der Waals surface area contributed by atoms with Crippen molar-refractivity contribution in [2.75, 3.05) is 6.54 Å². The molecular weight excluding hydrogens is 332 g/mol. The molecule has 26 heavy (non-hydrogen) atoms. The first-order valence-corrected chi connectivity index (χ1v) is 8.98. The van der Waals surface area contributed by atoms with E-state index < -0.39 is 5.92 Å². The second-order valence-electron chi connectivity index (χ2n) is 6.58. The number of halogens is 2. The first-order valence-electron chi connectivity index (χ1n) is 8.98. The maximum absolute atomic E-state index is 13.2. The first kappa shape index (κ1) is 18.4. The van der Waals surface area contributed by atoms with Gasteiger partial charge in [-0.3, -0.25) is 0 Å². The monoisotopic (exact) mass is 355 g/mol. The van der Waals surface area contributed by atoms with Crippen LogP contribution in [-0.4, -0.2) is 18.5 Å². The summed E-state index contributed by atoms with van der Waals surface area (Å²) in [6, 6.07) is 17.8. The minimum atomic E-state index is -2.49. The standard InChI is InChI=1S/C22H23F2NO/c23-22(24)14-12-20(13-15-22)25-16-6-10-19-9-4-5-11-21(19)26-17-18-7-2-1-3-8-18/h1-5,7-9,11,20,25H,12-17H2. The van der Waals surface area contributed by atoms with Crippen molar-refractivity contribution in [1.29, 1.82) is 0 Å². The SMILES string of the molecule is FC1(F)CCC(NCC#Cc2ccccc2OCc2ccccc2)CC1. The fourth-order valence-corrected chi connectivity index (χ4v) is 3.01. The molecule has 4 heteroatoms. The largest absolute Gasteiger partial charge is 0.488 e. The zero-order chi connectivity index (χ0) is 18.2. The molecule has 1 N–H and O–H groups in total. The molecule has 0 saturated heterocycles. The average Bonchev–Trinajstić information content (AvgIpc) is 2.66. The Bertz CT molecular complexity index is 754. The van der Waals surface area contributed by atoms with Crippen molar-refractivity contribution in [3.8, 4) is 17.6 Å². The minimum absolute atomic E-state index is 0.0335. The van der Waals surface area contributed by atoms with Gasteiger partial charge in [0, 0.05) is 18.9 Å². The summed E-state index contributed by atoms with van der Waals surface area (Å²) < 4.78 is 32.2. The van der Waals surface area contributed by atoms with E-state index in [1.807, 2.05) is 54.6 Å². The lowest BCUT2D eigenvalue weighted by Gasteiger charge is -2.28. The van der Waals surface area contributed by atoms with Crippen molar-refractivity contribution in [2.24, 2.45) is 0 Å². The summed E-state index contributed by atoms with van der Waals surface area (Å²) in [6.45, 7) is 0.983. The summed E-state index contributed by atoms with van der Waals surface area (Å²) in [5.41, 5.74) is 1.94. The van der Waals surface area contributed by atoms with Crippen LogP contribution >= 0.6 is 0 Å². The molecule has 1 fully saturated rings. The molecule has 2 aromatic carbocycles. The van der Waals surface area contributed by atoms with Gasteiger partial charge in [-0.05, 0) is 30.5 Å². The average molecular weight is 355 g/mol. The molecule has 0 spiro atoms. The second kappa shape index (κ2) is 8.82. The van der Waals surface area contributed by atoms with Crippen LogP contribution < -0.4 is 10.1 Å². The van der Waals surface area contributed by atoms with Crippen molar-refractivity contribution in [2.45, 2.75) is 44.3 Å². The summed E-state index contributed by atoms with van der Waals surface area (Å²) in [7, 11) is 0. The van der Waals surface area contributed by atoms with Gasteiger partial charge in [0.05, 0.1) is 12.1 Å². The molecular formula is C22H23F2NO. The Kier molecular flexibility index (Phi) is 6.25. The molecule has 0 radical (unpaired) electrons. The molecule has 0 heterocycles. The predicted molar refractivity (Wildman–Crippen MR) is 99.3 cm³/mol. The van der Waals surface area contributed by atoms with Crippen LogP contribution in [0.5, 0.6) is 5.75 Å². The lowest BCUT2D eigenvalue weighted by molar-refractivity contribution is -0.0400. The van der Waals surface area contributed by atoms with Crippen LogP contribution in [0.1, 0.15) is 36.8 Å². The van der Waals surface area contributed by atoms with E-state index in [1.54, 1.807) is 0 Å². The van der Waals surface area contributed by atoms with E-state index in [1.165, 1.54) is 0 Å². The van der Waals surface area contributed by atoms with E-state index in [-0.39, 0.29) is 18.9 Å². The van der Waals surface area contributed by atoms with Gasteiger partial charge in [0.2, 0.25) is 5.92 Å². The Hall–Kier alpha value is -2.38. The van der Waals surface area contributed by atoms with Gasteiger partial charge in [0.25, 0.3) is 0 Å². The Labute approximate surface area is 153 Å².